The van der Waals surface area contributed by atoms with E-state index in [4.69, 9.17) is 9.47 Å². The summed E-state index contributed by atoms with van der Waals surface area (Å²) in [7, 11) is -3.15. The summed E-state index contributed by atoms with van der Waals surface area (Å²) < 4.78 is 35.8. The Morgan fingerprint density at radius 2 is 1.97 bits per heavy atom. The molecular formula is C21H31N3O5S. The maximum absolute atomic E-state index is 12.0. The monoisotopic (exact) mass is 437 g/mol. The molecule has 0 bridgehead atoms. The topological polar surface area (TPSA) is 89.0 Å². The molecule has 2 aliphatic rings. The molecule has 0 saturated carbocycles. The zero-order chi connectivity index (χ0) is 21.7. The van der Waals surface area contributed by atoms with Gasteiger partial charge in [0, 0.05) is 26.2 Å². The van der Waals surface area contributed by atoms with Gasteiger partial charge in [-0.3, -0.25) is 4.98 Å². The molecule has 0 aromatic carbocycles. The molecule has 0 spiro atoms. The molecule has 1 aromatic heterocycles. The Balaban J connectivity index is 1.45. The van der Waals surface area contributed by atoms with Gasteiger partial charge >= 0.3 is 6.09 Å². The van der Waals surface area contributed by atoms with E-state index in [1.807, 2.05) is 32.1 Å². The van der Waals surface area contributed by atoms with E-state index in [1.165, 1.54) is 10.6 Å². The zero-order valence-corrected chi connectivity index (χ0v) is 18.7. The minimum atomic E-state index is -3.15. The van der Waals surface area contributed by atoms with Gasteiger partial charge in [0.25, 0.3) is 0 Å². The Hall–Kier alpha value is -2.13. The van der Waals surface area contributed by atoms with E-state index < -0.39 is 10.0 Å². The van der Waals surface area contributed by atoms with Crippen LogP contribution < -0.4 is 4.74 Å². The van der Waals surface area contributed by atoms with Gasteiger partial charge in [0.15, 0.2) is 0 Å². The van der Waals surface area contributed by atoms with Gasteiger partial charge in [0.05, 0.1) is 30.9 Å². The normalized spacial score (nSPS) is 18.9. The molecular weight excluding hydrogens is 406 g/mol. The summed E-state index contributed by atoms with van der Waals surface area (Å²) in [6.45, 7) is 6.55. The highest BCUT2D eigenvalue weighted by Crippen LogP contribution is 2.24. The van der Waals surface area contributed by atoms with E-state index in [2.05, 4.69) is 4.98 Å². The van der Waals surface area contributed by atoms with Gasteiger partial charge in [0.2, 0.25) is 10.0 Å². The first-order valence-corrected chi connectivity index (χ1v) is 12.3. The lowest BCUT2D eigenvalue weighted by Gasteiger charge is -2.31. The van der Waals surface area contributed by atoms with Crippen molar-refractivity contribution in [2.75, 3.05) is 39.0 Å². The van der Waals surface area contributed by atoms with Crippen LogP contribution in [-0.4, -0.2) is 73.8 Å². The molecule has 9 heteroatoms. The zero-order valence-electron chi connectivity index (χ0n) is 17.9. The van der Waals surface area contributed by atoms with Gasteiger partial charge in [-0.25, -0.2) is 13.2 Å². The second-order valence-corrected chi connectivity index (χ2v) is 10.1. The van der Waals surface area contributed by atoms with Crippen molar-refractivity contribution in [1.29, 1.82) is 0 Å². The number of aromatic nitrogens is 1. The van der Waals surface area contributed by atoms with Crippen molar-refractivity contribution in [3.05, 3.63) is 30.1 Å². The van der Waals surface area contributed by atoms with Crippen LogP contribution >= 0.6 is 0 Å². The summed E-state index contributed by atoms with van der Waals surface area (Å²) in [5.41, 5.74) is 1.91. The van der Waals surface area contributed by atoms with E-state index in [-0.39, 0.29) is 12.2 Å². The van der Waals surface area contributed by atoms with Gasteiger partial charge in [-0.1, -0.05) is 6.08 Å². The number of nitrogens with zero attached hydrogens (tertiary/aromatic N) is 3. The second kappa shape index (κ2) is 9.78. The standard InChI is InChI=1S/C21H31N3O5S/c1-16(2)29-21(25)23-10-6-17(7-11-23)15-28-19-4-5-20(22-14-19)18-8-12-24(13-9-18)30(3,26)27/h4-5,8,14,16-17H,6-7,9-13,15H2,1-3H3. The molecule has 30 heavy (non-hydrogen) atoms. The molecule has 0 aliphatic carbocycles. The van der Waals surface area contributed by atoms with Crippen LogP contribution in [0.1, 0.15) is 38.8 Å². The third-order valence-corrected chi connectivity index (χ3v) is 6.67. The van der Waals surface area contributed by atoms with Crippen molar-refractivity contribution in [2.24, 2.45) is 5.92 Å². The fourth-order valence-corrected chi connectivity index (χ4v) is 4.38. The highest BCUT2D eigenvalue weighted by molar-refractivity contribution is 7.88. The Morgan fingerprint density at radius 3 is 2.50 bits per heavy atom. The summed E-state index contributed by atoms with van der Waals surface area (Å²) in [4.78, 5) is 18.2. The predicted octanol–water partition coefficient (Wildman–Crippen LogP) is 2.77. The maximum atomic E-state index is 12.0. The van der Waals surface area contributed by atoms with Crippen LogP contribution in [-0.2, 0) is 14.8 Å². The SMILES string of the molecule is CC(C)OC(=O)N1CCC(COc2ccc(C3=CCN(S(C)(=O)=O)CC3)nc2)CC1. The minimum absolute atomic E-state index is 0.1000. The van der Waals surface area contributed by atoms with Gasteiger partial charge < -0.3 is 14.4 Å². The van der Waals surface area contributed by atoms with Crippen LogP contribution in [0.2, 0.25) is 0 Å². The van der Waals surface area contributed by atoms with Crippen LogP contribution in [0.25, 0.3) is 5.57 Å². The van der Waals surface area contributed by atoms with Crippen LogP contribution in [0.15, 0.2) is 24.4 Å². The lowest BCUT2D eigenvalue weighted by molar-refractivity contribution is 0.0608. The van der Waals surface area contributed by atoms with Gasteiger partial charge in [-0.05, 0) is 56.7 Å². The Kier molecular flexibility index (Phi) is 7.36. The maximum Gasteiger partial charge on any atom is 0.410 e. The summed E-state index contributed by atoms with van der Waals surface area (Å²) in [6.07, 6.45) is 6.97. The molecule has 166 valence electrons. The van der Waals surface area contributed by atoms with Gasteiger partial charge in [-0.15, -0.1) is 0 Å². The van der Waals surface area contributed by atoms with E-state index in [9.17, 15) is 13.2 Å². The third kappa shape index (κ3) is 6.18. The average Bonchev–Trinajstić information content (AvgIpc) is 2.72. The lowest BCUT2D eigenvalue weighted by Crippen LogP contribution is -2.40. The van der Waals surface area contributed by atoms with Gasteiger partial charge in [0.1, 0.15) is 5.75 Å². The van der Waals surface area contributed by atoms with Gasteiger partial charge in [-0.2, -0.15) is 4.31 Å². The average molecular weight is 438 g/mol. The van der Waals surface area contributed by atoms with Crippen molar-refractivity contribution < 1.29 is 22.7 Å². The molecule has 3 rings (SSSR count). The van der Waals surface area contributed by atoms with Crippen molar-refractivity contribution in [2.45, 2.75) is 39.2 Å². The number of carbonyl (C=O) groups is 1. The van der Waals surface area contributed by atoms with E-state index >= 15 is 0 Å². The Bertz CT molecular complexity index is 859. The molecule has 1 aromatic rings. The summed E-state index contributed by atoms with van der Waals surface area (Å²) in [6, 6.07) is 3.82. The summed E-state index contributed by atoms with van der Waals surface area (Å²) in [5.74, 6) is 1.12. The number of ether oxygens (including phenoxy) is 2. The fraction of sp³-hybridized carbons (Fsp3) is 0.619. The van der Waals surface area contributed by atoms with Crippen LogP contribution in [0.4, 0.5) is 4.79 Å². The number of likely N-dealkylation sites (tertiary alicyclic amines) is 1. The predicted molar refractivity (Wildman–Crippen MR) is 115 cm³/mol. The number of sulfonamides is 1. The second-order valence-electron chi connectivity index (χ2n) is 8.15. The van der Waals surface area contributed by atoms with Crippen LogP contribution in [0, 0.1) is 5.92 Å². The fourth-order valence-electron chi connectivity index (χ4n) is 3.61. The molecule has 0 radical (unpaired) electrons. The molecule has 1 amide bonds. The van der Waals surface area contributed by atoms with Crippen LogP contribution in [0.3, 0.4) is 0 Å². The molecule has 2 aliphatic heterocycles. The molecule has 3 heterocycles. The highest BCUT2D eigenvalue weighted by atomic mass is 32.2. The first kappa shape index (κ1) is 22.6. The molecule has 0 unspecified atom stereocenters. The van der Waals surface area contributed by atoms with Crippen molar-refractivity contribution >= 4 is 21.7 Å². The highest BCUT2D eigenvalue weighted by Gasteiger charge is 2.25. The third-order valence-electron chi connectivity index (χ3n) is 5.40. The minimum Gasteiger partial charge on any atom is -0.492 e. The van der Waals surface area contributed by atoms with Crippen molar-refractivity contribution in [1.82, 2.24) is 14.2 Å². The van der Waals surface area contributed by atoms with Crippen LogP contribution in [0.5, 0.6) is 5.75 Å². The molecule has 8 nitrogen and oxygen atoms in total. The van der Waals surface area contributed by atoms with Crippen molar-refractivity contribution in [3.63, 3.8) is 0 Å². The quantitative estimate of drug-likeness (QED) is 0.680. The lowest BCUT2D eigenvalue weighted by atomic mass is 9.98. The number of rotatable bonds is 6. The smallest absolute Gasteiger partial charge is 0.410 e. The number of hydrogen-bond acceptors (Lipinski definition) is 6. The van der Waals surface area contributed by atoms with Crippen molar-refractivity contribution in [3.8, 4) is 5.75 Å². The summed E-state index contributed by atoms with van der Waals surface area (Å²) >= 11 is 0. The Morgan fingerprint density at radius 1 is 1.23 bits per heavy atom. The first-order valence-electron chi connectivity index (χ1n) is 10.4. The van der Waals surface area contributed by atoms with E-state index in [0.29, 0.717) is 45.1 Å². The number of pyridine rings is 1. The molecule has 1 saturated heterocycles. The molecule has 1 fully saturated rings. The number of piperidine rings is 1. The largest absolute Gasteiger partial charge is 0.492 e. The first-order chi connectivity index (χ1) is 14.2. The van der Waals surface area contributed by atoms with E-state index in [0.717, 1.165) is 29.9 Å². The summed E-state index contributed by atoms with van der Waals surface area (Å²) in [5, 5.41) is 0. The molecule has 0 N–H and O–H groups in total. The number of hydrogen-bond donors (Lipinski definition) is 0. The number of carbonyl (C=O) groups excluding carboxylic acids is 1. The van der Waals surface area contributed by atoms with E-state index in [1.54, 1.807) is 11.1 Å². The number of amides is 1. The Labute approximate surface area is 178 Å². The molecule has 0 atom stereocenters.